The molecule has 0 bridgehead atoms. The van der Waals surface area contributed by atoms with Gasteiger partial charge < -0.3 is 10.1 Å². The largest absolute Gasteiger partial charge is 0.436 e. The average molecular weight is 309 g/mol. The molecule has 114 valence electrons. The van der Waals surface area contributed by atoms with Crippen LogP contribution in [0.15, 0.2) is 24.5 Å². The summed E-state index contributed by atoms with van der Waals surface area (Å²) in [6.45, 7) is 8.70. The van der Waals surface area contributed by atoms with E-state index in [4.69, 9.17) is 16.3 Å². The van der Waals surface area contributed by atoms with Gasteiger partial charge in [0.05, 0.1) is 23.1 Å². The molecule has 0 fully saturated rings. The van der Waals surface area contributed by atoms with Crippen LogP contribution >= 0.6 is 11.6 Å². The molecular formula is C15H21ClN4O. The van der Waals surface area contributed by atoms with Crippen molar-refractivity contribution in [2.75, 3.05) is 6.54 Å². The fraction of sp³-hybridized carbons (Fsp3) is 0.467. The Labute approximate surface area is 130 Å². The highest BCUT2D eigenvalue weighted by Gasteiger charge is 2.07. The van der Waals surface area contributed by atoms with Crippen LogP contribution in [0, 0.1) is 5.92 Å². The van der Waals surface area contributed by atoms with Crippen LogP contribution in [0.4, 0.5) is 0 Å². The van der Waals surface area contributed by atoms with Gasteiger partial charge in [-0.15, -0.1) is 0 Å². The van der Waals surface area contributed by atoms with Crippen LogP contribution in [0.25, 0.3) is 0 Å². The molecule has 0 saturated carbocycles. The lowest BCUT2D eigenvalue weighted by Gasteiger charge is -2.09. The van der Waals surface area contributed by atoms with E-state index in [2.05, 4.69) is 29.2 Å². The second-order valence-corrected chi connectivity index (χ2v) is 5.64. The Morgan fingerprint density at radius 3 is 2.86 bits per heavy atom. The summed E-state index contributed by atoms with van der Waals surface area (Å²) in [5.74, 6) is 1.78. The fourth-order valence-corrected chi connectivity index (χ4v) is 1.99. The van der Waals surface area contributed by atoms with E-state index in [1.54, 1.807) is 23.0 Å². The molecule has 0 radical (unpaired) electrons. The van der Waals surface area contributed by atoms with Crippen molar-refractivity contribution in [2.24, 2.45) is 5.92 Å². The molecule has 0 aliphatic heterocycles. The van der Waals surface area contributed by atoms with Crippen LogP contribution in [0.3, 0.4) is 0 Å². The molecule has 5 nitrogen and oxygen atoms in total. The van der Waals surface area contributed by atoms with Crippen LogP contribution in [-0.4, -0.2) is 21.3 Å². The lowest BCUT2D eigenvalue weighted by atomic mass is 10.2. The van der Waals surface area contributed by atoms with E-state index in [0.29, 0.717) is 29.1 Å². The highest BCUT2D eigenvalue weighted by Crippen LogP contribution is 2.22. The number of halogens is 1. The third kappa shape index (κ3) is 4.72. The zero-order chi connectivity index (χ0) is 15.2. The molecule has 0 aromatic carbocycles. The van der Waals surface area contributed by atoms with E-state index < -0.39 is 0 Å². The van der Waals surface area contributed by atoms with E-state index in [0.717, 1.165) is 18.8 Å². The van der Waals surface area contributed by atoms with Gasteiger partial charge in [-0.25, -0.2) is 4.98 Å². The maximum atomic E-state index is 6.17. The summed E-state index contributed by atoms with van der Waals surface area (Å²) in [7, 11) is 0. The molecule has 21 heavy (non-hydrogen) atoms. The highest BCUT2D eigenvalue weighted by atomic mass is 35.5. The summed E-state index contributed by atoms with van der Waals surface area (Å²) in [5, 5.41) is 8.13. The van der Waals surface area contributed by atoms with Gasteiger partial charge in [-0.05, 0) is 25.5 Å². The van der Waals surface area contributed by atoms with E-state index in [1.165, 1.54) is 0 Å². The van der Waals surface area contributed by atoms with Gasteiger partial charge in [0.1, 0.15) is 0 Å². The molecule has 2 aromatic heterocycles. The van der Waals surface area contributed by atoms with E-state index >= 15 is 0 Å². The summed E-state index contributed by atoms with van der Waals surface area (Å²) in [6, 6.07) is 3.57. The summed E-state index contributed by atoms with van der Waals surface area (Å²) in [4.78, 5) is 4.45. The summed E-state index contributed by atoms with van der Waals surface area (Å²) in [6.07, 6.45) is 3.52. The smallest absolute Gasteiger partial charge is 0.219 e. The summed E-state index contributed by atoms with van der Waals surface area (Å²) >= 11 is 6.17. The molecule has 0 aliphatic carbocycles. The van der Waals surface area contributed by atoms with Gasteiger partial charge in [0, 0.05) is 19.2 Å². The number of nitrogens with zero attached hydrogens (tertiary/aromatic N) is 3. The van der Waals surface area contributed by atoms with Crippen molar-refractivity contribution in [2.45, 2.75) is 33.9 Å². The first-order valence-corrected chi connectivity index (χ1v) is 7.52. The molecule has 0 amide bonds. The van der Waals surface area contributed by atoms with Crippen molar-refractivity contribution in [1.29, 1.82) is 0 Å². The van der Waals surface area contributed by atoms with Gasteiger partial charge in [-0.3, -0.25) is 4.68 Å². The normalized spacial score (nSPS) is 11.1. The van der Waals surface area contributed by atoms with Crippen molar-refractivity contribution >= 4 is 11.6 Å². The zero-order valence-corrected chi connectivity index (χ0v) is 13.4. The summed E-state index contributed by atoms with van der Waals surface area (Å²) < 4.78 is 7.51. The molecule has 0 aliphatic rings. The van der Waals surface area contributed by atoms with Gasteiger partial charge in [-0.1, -0.05) is 25.4 Å². The predicted octanol–water partition coefficient (Wildman–Crippen LogP) is 3.49. The Morgan fingerprint density at radius 2 is 2.19 bits per heavy atom. The molecule has 2 heterocycles. The summed E-state index contributed by atoms with van der Waals surface area (Å²) in [5.41, 5.74) is 0.790. The molecule has 6 heteroatoms. The lowest BCUT2D eigenvalue weighted by molar-refractivity contribution is 0.457. The topological polar surface area (TPSA) is 52.0 Å². The first-order valence-electron chi connectivity index (χ1n) is 7.15. The van der Waals surface area contributed by atoms with Crippen LogP contribution in [-0.2, 0) is 13.1 Å². The average Bonchev–Trinajstić information content (AvgIpc) is 2.89. The first-order chi connectivity index (χ1) is 10.1. The highest BCUT2D eigenvalue weighted by molar-refractivity contribution is 6.31. The Hall–Kier alpha value is -1.59. The maximum absolute atomic E-state index is 6.17. The van der Waals surface area contributed by atoms with E-state index in [-0.39, 0.29) is 0 Å². The minimum absolute atomic E-state index is 0.524. The second kappa shape index (κ2) is 7.43. The van der Waals surface area contributed by atoms with Crippen molar-refractivity contribution < 1.29 is 4.74 Å². The van der Waals surface area contributed by atoms with Gasteiger partial charge in [0.25, 0.3) is 0 Å². The van der Waals surface area contributed by atoms with Crippen molar-refractivity contribution in [3.05, 3.63) is 35.2 Å². The SMILES string of the molecule is CCn1cc(Oc2ccc(Cl)c(CNCC(C)C)n2)cn1. The third-order valence-corrected chi connectivity index (χ3v) is 3.24. The number of hydrogen-bond donors (Lipinski definition) is 1. The van der Waals surface area contributed by atoms with Crippen LogP contribution in [0.1, 0.15) is 26.5 Å². The van der Waals surface area contributed by atoms with Gasteiger partial charge in [0.15, 0.2) is 5.75 Å². The van der Waals surface area contributed by atoms with Crippen molar-refractivity contribution in [3.8, 4) is 11.6 Å². The standard InChI is InChI=1S/C15H21ClN4O/c1-4-20-10-12(8-18-20)21-15-6-5-13(16)14(19-15)9-17-7-11(2)3/h5-6,8,10-11,17H,4,7,9H2,1-3H3. The van der Waals surface area contributed by atoms with Crippen LogP contribution in [0.2, 0.25) is 5.02 Å². The van der Waals surface area contributed by atoms with Gasteiger partial charge >= 0.3 is 0 Å². The van der Waals surface area contributed by atoms with Gasteiger partial charge in [0.2, 0.25) is 5.88 Å². The third-order valence-electron chi connectivity index (χ3n) is 2.89. The number of pyridine rings is 1. The molecule has 2 aromatic rings. The van der Waals surface area contributed by atoms with Crippen LogP contribution in [0.5, 0.6) is 11.6 Å². The molecule has 2 rings (SSSR count). The molecule has 0 spiro atoms. The Bertz CT molecular complexity index is 583. The number of ether oxygens (including phenoxy) is 1. The molecule has 0 atom stereocenters. The molecule has 0 saturated heterocycles. The molecule has 0 unspecified atom stereocenters. The Balaban J connectivity index is 2.03. The van der Waals surface area contributed by atoms with E-state index in [1.807, 2.05) is 13.1 Å². The quantitative estimate of drug-likeness (QED) is 0.850. The second-order valence-electron chi connectivity index (χ2n) is 5.24. The number of rotatable bonds is 7. The minimum atomic E-state index is 0.524. The maximum Gasteiger partial charge on any atom is 0.219 e. The Kier molecular flexibility index (Phi) is 5.59. The van der Waals surface area contributed by atoms with Crippen molar-refractivity contribution in [3.63, 3.8) is 0 Å². The molecular weight excluding hydrogens is 288 g/mol. The van der Waals surface area contributed by atoms with Crippen molar-refractivity contribution in [1.82, 2.24) is 20.1 Å². The fourth-order valence-electron chi connectivity index (χ4n) is 1.82. The van der Waals surface area contributed by atoms with Crippen LogP contribution < -0.4 is 10.1 Å². The predicted molar refractivity (Wildman–Crippen MR) is 83.8 cm³/mol. The van der Waals surface area contributed by atoms with Gasteiger partial charge in [-0.2, -0.15) is 5.10 Å². The minimum Gasteiger partial charge on any atom is -0.436 e. The number of nitrogens with one attached hydrogen (secondary N) is 1. The van der Waals surface area contributed by atoms with E-state index in [9.17, 15) is 0 Å². The molecule has 1 N–H and O–H groups in total. The lowest BCUT2D eigenvalue weighted by Crippen LogP contribution is -2.19. The number of hydrogen-bond acceptors (Lipinski definition) is 4. The monoisotopic (exact) mass is 308 g/mol. The first kappa shape index (κ1) is 15.8. The Morgan fingerprint density at radius 1 is 1.38 bits per heavy atom. The number of aromatic nitrogens is 3. The zero-order valence-electron chi connectivity index (χ0n) is 12.6. The number of aryl methyl sites for hydroxylation is 1.